The smallest absolute Gasteiger partial charge is 0.322 e. The van der Waals surface area contributed by atoms with E-state index >= 15 is 0 Å². The van der Waals surface area contributed by atoms with Crippen LogP contribution >= 0.6 is 11.6 Å². The number of carbonyl (C=O) groups excluding carboxylic acids is 1. The number of fused-ring (bicyclic) bond motifs is 3. The molecule has 1 N–H and O–H groups in total. The summed E-state index contributed by atoms with van der Waals surface area (Å²) in [5.41, 5.74) is 3.68. The number of para-hydroxylation sites is 2. The Morgan fingerprint density at radius 2 is 1.88 bits per heavy atom. The molecule has 3 heterocycles. The molecule has 1 aliphatic heterocycles. The zero-order valence-electron chi connectivity index (χ0n) is 17.8. The molecule has 7 nitrogen and oxygen atoms in total. The Morgan fingerprint density at radius 3 is 2.75 bits per heavy atom. The van der Waals surface area contributed by atoms with Crippen molar-refractivity contribution in [3.8, 4) is 5.75 Å². The van der Waals surface area contributed by atoms with Gasteiger partial charge >= 0.3 is 6.03 Å². The third-order valence-corrected chi connectivity index (χ3v) is 6.07. The van der Waals surface area contributed by atoms with Crippen molar-refractivity contribution in [3.63, 3.8) is 0 Å². The fourth-order valence-corrected chi connectivity index (χ4v) is 4.42. The van der Waals surface area contributed by atoms with Crippen LogP contribution in [0, 0.1) is 0 Å². The van der Waals surface area contributed by atoms with E-state index in [0.717, 1.165) is 35.3 Å². The summed E-state index contributed by atoms with van der Waals surface area (Å²) >= 11 is 6.10. The highest BCUT2D eigenvalue weighted by Gasteiger charge is 2.22. The summed E-state index contributed by atoms with van der Waals surface area (Å²) in [4.78, 5) is 22.0. The van der Waals surface area contributed by atoms with Gasteiger partial charge in [0.25, 0.3) is 0 Å². The van der Waals surface area contributed by atoms with Crippen LogP contribution in [0.2, 0.25) is 5.02 Å². The van der Waals surface area contributed by atoms with E-state index in [9.17, 15) is 4.79 Å². The van der Waals surface area contributed by atoms with Crippen LogP contribution in [0.5, 0.6) is 5.75 Å². The van der Waals surface area contributed by atoms with Gasteiger partial charge in [-0.05, 0) is 48.9 Å². The lowest BCUT2D eigenvalue weighted by Crippen LogP contribution is -2.38. The van der Waals surface area contributed by atoms with E-state index in [1.165, 1.54) is 0 Å². The standard InChI is InChI=1S/C24H24ClN5O2/c1-32-22-10-9-17(25)16-19(22)27-24(31)29-12-5-11-28(14-15-29)23-21-8-4-13-30(21)20-7-3-2-6-18(20)26-23/h2-4,6-10,13,16H,5,11-12,14-15H2,1H3,(H,27,31). The number of rotatable bonds is 3. The number of halogens is 1. The molecule has 2 aromatic heterocycles. The molecule has 1 fully saturated rings. The van der Waals surface area contributed by atoms with Gasteiger partial charge in [-0.25, -0.2) is 9.78 Å². The third kappa shape index (κ3) is 3.80. The molecule has 4 aromatic rings. The zero-order valence-corrected chi connectivity index (χ0v) is 18.5. The number of amides is 2. The number of aromatic nitrogens is 2. The summed E-state index contributed by atoms with van der Waals surface area (Å²) in [5, 5.41) is 3.49. The predicted molar refractivity (Wildman–Crippen MR) is 128 cm³/mol. The van der Waals surface area contributed by atoms with E-state index in [1.807, 2.05) is 29.2 Å². The van der Waals surface area contributed by atoms with Gasteiger partial charge in [-0.15, -0.1) is 0 Å². The van der Waals surface area contributed by atoms with E-state index in [2.05, 4.69) is 32.9 Å². The third-order valence-electron chi connectivity index (χ3n) is 5.83. The Bertz CT molecular complexity index is 1290. The van der Waals surface area contributed by atoms with E-state index in [0.29, 0.717) is 36.1 Å². The van der Waals surface area contributed by atoms with Gasteiger partial charge in [-0.3, -0.25) is 0 Å². The fraction of sp³-hybridized carbons (Fsp3) is 0.250. The first-order valence-electron chi connectivity index (χ1n) is 10.6. The summed E-state index contributed by atoms with van der Waals surface area (Å²) in [6.07, 6.45) is 2.92. The Balaban J connectivity index is 1.36. The number of benzene rings is 2. The Kier molecular flexibility index (Phi) is 5.49. The van der Waals surface area contributed by atoms with Crippen molar-refractivity contribution in [1.29, 1.82) is 0 Å². The lowest BCUT2D eigenvalue weighted by atomic mass is 10.3. The molecule has 5 rings (SSSR count). The van der Waals surface area contributed by atoms with E-state index in [1.54, 1.807) is 25.3 Å². The molecule has 0 atom stereocenters. The lowest BCUT2D eigenvalue weighted by molar-refractivity contribution is 0.215. The minimum absolute atomic E-state index is 0.160. The second-order valence-corrected chi connectivity index (χ2v) is 8.23. The molecule has 8 heteroatoms. The first-order chi connectivity index (χ1) is 15.6. The summed E-state index contributed by atoms with van der Waals surface area (Å²) in [7, 11) is 1.57. The largest absolute Gasteiger partial charge is 0.495 e. The topological polar surface area (TPSA) is 62.1 Å². The van der Waals surface area contributed by atoms with Crippen LogP contribution in [0.25, 0.3) is 16.6 Å². The minimum atomic E-state index is -0.160. The summed E-state index contributed by atoms with van der Waals surface area (Å²) in [6.45, 7) is 2.79. The number of nitrogens with one attached hydrogen (secondary N) is 1. The fourth-order valence-electron chi connectivity index (χ4n) is 4.24. The second kappa shape index (κ2) is 8.59. The molecule has 0 unspecified atom stereocenters. The lowest BCUT2D eigenvalue weighted by Gasteiger charge is -2.24. The SMILES string of the molecule is COc1ccc(Cl)cc1NC(=O)N1CCCN(c2nc3ccccc3n3cccc23)CC1. The van der Waals surface area contributed by atoms with E-state index in [4.69, 9.17) is 21.3 Å². The van der Waals surface area contributed by atoms with Gasteiger partial charge in [0.1, 0.15) is 5.75 Å². The summed E-state index contributed by atoms with van der Waals surface area (Å²) in [6, 6.07) is 17.3. The number of nitrogens with zero attached hydrogens (tertiary/aromatic N) is 4. The highest BCUT2D eigenvalue weighted by Crippen LogP contribution is 2.29. The highest BCUT2D eigenvalue weighted by atomic mass is 35.5. The van der Waals surface area contributed by atoms with Crippen molar-refractivity contribution in [3.05, 3.63) is 65.8 Å². The molecule has 32 heavy (non-hydrogen) atoms. The van der Waals surface area contributed by atoms with Gasteiger partial charge in [0, 0.05) is 37.4 Å². The maximum absolute atomic E-state index is 13.0. The monoisotopic (exact) mass is 449 g/mol. The number of ether oxygens (including phenoxy) is 1. The molecular formula is C24H24ClN5O2. The Hall–Kier alpha value is -3.45. The van der Waals surface area contributed by atoms with Crippen LogP contribution in [-0.4, -0.2) is 53.6 Å². The van der Waals surface area contributed by atoms with Gasteiger partial charge in [-0.2, -0.15) is 0 Å². The van der Waals surface area contributed by atoms with Crippen molar-refractivity contribution in [1.82, 2.24) is 14.3 Å². The van der Waals surface area contributed by atoms with Crippen molar-refractivity contribution in [2.75, 3.05) is 43.5 Å². The van der Waals surface area contributed by atoms with Crippen molar-refractivity contribution in [2.45, 2.75) is 6.42 Å². The average molecular weight is 450 g/mol. The first-order valence-corrected chi connectivity index (χ1v) is 11.0. The molecular weight excluding hydrogens is 426 g/mol. The van der Waals surface area contributed by atoms with Crippen LogP contribution in [0.1, 0.15) is 6.42 Å². The van der Waals surface area contributed by atoms with Crippen LogP contribution in [0.3, 0.4) is 0 Å². The van der Waals surface area contributed by atoms with Gasteiger partial charge in [0.2, 0.25) is 0 Å². The molecule has 2 amide bonds. The van der Waals surface area contributed by atoms with Crippen molar-refractivity contribution >= 4 is 45.7 Å². The maximum Gasteiger partial charge on any atom is 0.322 e. The number of anilines is 2. The van der Waals surface area contributed by atoms with Gasteiger partial charge < -0.3 is 24.3 Å². The quantitative estimate of drug-likeness (QED) is 0.483. The van der Waals surface area contributed by atoms with Crippen LogP contribution in [0.4, 0.5) is 16.3 Å². The zero-order chi connectivity index (χ0) is 22.1. The summed E-state index contributed by atoms with van der Waals surface area (Å²) in [5.74, 6) is 1.53. The molecule has 1 saturated heterocycles. The van der Waals surface area contributed by atoms with E-state index < -0.39 is 0 Å². The highest BCUT2D eigenvalue weighted by molar-refractivity contribution is 6.31. The Morgan fingerprint density at radius 1 is 1.03 bits per heavy atom. The molecule has 0 bridgehead atoms. The molecule has 0 spiro atoms. The molecule has 1 aliphatic rings. The van der Waals surface area contributed by atoms with E-state index in [-0.39, 0.29) is 6.03 Å². The van der Waals surface area contributed by atoms with Gasteiger partial charge in [-0.1, -0.05) is 23.7 Å². The molecule has 0 radical (unpaired) electrons. The van der Waals surface area contributed by atoms with Crippen molar-refractivity contribution < 1.29 is 9.53 Å². The first kappa shape index (κ1) is 20.5. The Labute approximate surface area is 191 Å². The van der Waals surface area contributed by atoms with Crippen LogP contribution in [-0.2, 0) is 0 Å². The predicted octanol–water partition coefficient (Wildman–Crippen LogP) is 4.89. The summed E-state index contributed by atoms with van der Waals surface area (Å²) < 4.78 is 7.52. The number of methoxy groups -OCH3 is 1. The van der Waals surface area contributed by atoms with Gasteiger partial charge in [0.05, 0.1) is 29.3 Å². The van der Waals surface area contributed by atoms with Crippen LogP contribution in [0.15, 0.2) is 60.8 Å². The maximum atomic E-state index is 13.0. The normalized spacial score (nSPS) is 14.6. The number of carbonyl (C=O) groups is 1. The number of urea groups is 1. The molecule has 2 aromatic carbocycles. The number of hydrogen-bond acceptors (Lipinski definition) is 4. The molecule has 0 saturated carbocycles. The molecule has 0 aliphatic carbocycles. The van der Waals surface area contributed by atoms with Gasteiger partial charge in [0.15, 0.2) is 5.82 Å². The number of hydrogen-bond donors (Lipinski definition) is 1. The second-order valence-electron chi connectivity index (χ2n) is 7.79. The molecule has 164 valence electrons. The van der Waals surface area contributed by atoms with Crippen LogP contribution < -0.4 is 15.0 Å². The van der Waals surface area contributed by atoms with Crippen molar-refractivity contribution in [2.24, 2.45) is 0 Å². The average Bonchev–Trinajstić information content (AvgIpc) is 3.17. The minimum Gasteiger partial charge on any atom is -0.495 e.